The highest BCUT2D eigenvalue weighted by Gasteiger charge is 2.28. The zero-order valence-electron chi connectivity index (χ0n) is 6.51. The lowest BCUT2D eigenvalue weighted by Crippen LogP contribution is -2.00. The molecule has 3 nitrogen and oxygen atoms in total. The number of halogens is 4. The van der Waals surface area contributed by atoms with Crippen molar-refractivity contribution >= 4 is 21.6 Å². The van der Waals surface area contributed by atoms with Crippen molar-refractivity contribution < 1.29 is 18.1 Å². The molecule has 0 fully saturated rings. The monoisotopic (exact) mass is 269 g/mol. The zero-order chi connectivity index (χ0) is 10.9. The van der Waals surface area contributed by atoms with Gasteiger partial charge in [0.2, 0.25) is 0 Å². The first-order chi connectivity index (χ1) is 6.45. The van der Waals surface area contributed by atoms with Gasteiger partial charge in [0.05, 0.1) is 9.40 Å². The lowest BCUT2D eigenvalue weighted by atomic mass is 10.2. The molecule has 0 atom stereocenters. The number of hydrogen-bond donors (Lipinski definition) is 0. The predicted molar refractivity (Wildman–Crippen MR) is 45.7 cm³/mol. The topological polar surface area (TPSA) is 43.1 Å². The first-order valence-electron chi connectivity index (χ1n) is 3.35. The van der Waals surface area contributed by atoms with Crippen molar-refractivity contribution in [2.45, 2.75) is 6.43 Å². The third-order valence-electron chi connectivity index (χ3n) is 1.52. The van der Waals surface area contributed by atoms with Gasteiger partial charge in [0.25, 0.3) is 12.1 Å². The van der Waals surface area contributed by atoms with E-state index in [0.717, 1.165) is 12.1 Å². The fourth-order valence-electron chi connectivity index (χ4n) is 0.950. The first-order valence-corrected chi connectivity index (χ1v) is 4.15. The van der Waals surface area contributed by atoms with Gasteiger partial charge in [0.1, 0.15) is 11.4 Å². The summed E-state index contributed by atoms with van der Waals surface area (Å²) in [7, 11) is 0. The van der Waals surface area contributed by atoms with Crippen molar-refractivity contribution in [3.05, 3.63) is 38.1 Å². The van der Waals surface area contributed by atoms with Crippen molar-refractivity contribution in [3.8, 4) is 0 Å². The van der Waals surface area contributed by atoms with E-state index in [0.29, 0.717) is 0 Å². The molecule has 14 heavy (non-hydrogen) atoms. The average Bonchev–Trinajstić information content (AvgIpc) is 2.07. The molecule has 1 rings (SSSR count). The Morgan fingerprint density at radius 1 is 1.43 bits per heavy atom. The number of nitrogens with zero attached hydrogens (tertiary/aromatic N) is 1. The van der Waals surface area contributed by atoms with Crippen LogP contribution in [0.5, 0.6) is 0 Å². The lowest BCUT2D eigenvalue weighted by Gasteiger charge is -2.04. The highest BCUT2D eigenvalue weighted by Crippen LogP contribution is 2.36. The van der Waals surface area contributed by atoms with Crippen LogP contribution in [0.1, 0.15) is 12.0 Å². The van der Waals surface area contributed by atoms with Crippen molar-refractivity contribution in [1.29, 1.82) is 0 Å². The SMILES string of the molecule is O=[N+]([O-])c1c(Br)ccc(F)c1C(F)F. The van der Waals surface area contributed by atoms with Gasteiger partial charge in [-0.15, -0.1) is 0 Å². The third-order valence-corrected chi connectivity index (χ3v) is 2.16. The molecular weight excluding hydrogens is 267 g/mol. The van der Waals surface area contributed by atoms with Crippen LogP contribution in [-0.4, -0.2) is 4.92 Å². The maximum atomic E-state index is 12.8. The standard InChI is InChI=1S/C7H3BrF3NO2/c8-3-1-2-4(9)5(7(10)11)6(3)12(13)14/h1-2,7H. The molecule has 0 N–H and O–H groups in total. The Balaban J connectivity index is 3.50. The molecule has 0 saturated carbocycles. The van der Waals surface area contributed by atoms with E-state index in [-0.39, 0.29) is 4.47 Å². The summed E-state index contributed by atoms with van der Waals surface area (Å²) in [6.07, 6.45) is -3.21. The van der Waals surface area contributed by atoms with Gasteiger partial charge in [-0.05, 0) is 28.1 Å². The number of rotatable bonds is 2. The Labute approximate surface area is 84.8 Å². The molecule has 0 aliphatic carbocycles. The predicted octanol–water partition coefficient (Wildman–Crippen LogP) is 3.43. The summed E-state index contributed by atoms with van der Waals surface area (Å²) < 4.78 is 37.2. The molecule has 0 radical (unpaired) electrons. The van der Waals surface area contributed by atoms with E-state index in [9.17, 15) is 23.3 Å². The van der Waals surface area contributed by atoms with E-state index in [1.165, 1.54) is 0 Å². The fraction of sp³-hybridized carbons (Fsp3) is 0.143. The Bertz CT molecular complexity index is 383. The summed E-state index contributed by atoms with van der Waals surface area (Å²) in [5.74, 6) is -1.28. The highest BCUT2D eigenvalue weighted by molar-refractivity contribution is 9.10. The van der Waals surface area contributed by atoms with Gasteiger partial charge in [-0.1, -0.05) is 0 Å². The summed E-state index contributed by atoms with van der Waals surface area (Å²) in [5, 5.41) is 10.4. The van der Waals surface area contributed by atoms with E-state index >= 15 is 0 Å². The number of alkyl halides is 2. The normalized spacial score (nSPS) is 10.6. The summed E-state index contributed by atoms with van der Waals surface area (Å²) >= 11 is 2.71. The van der Waals surface area contributed by atoms with Gasteiger partial charge >= 0.3 is 0 Å². The molecule has 7 heteroatoms. The van der Waals surface area contributed by atoms with Crippen molar-refractivity contribution in [2.75, 3.05) is 0 Å². The summed E-state index contributed by atoms with van der Waals surface area (Å²) in [4.78, 5) is 9.33. The minimum absolute atomic E-state index is 0.167. The molecular formula is C7H3BrF3NO2. The van der Waals surface area contributed by atoms with Crippen LogP contribution in [0.2, 0.25) is 0 Å². The van der Waals surface area contributed by atoms with E-state index in [4.69, 9.17) is 0 Å². The van der Waals surface area contributed by atoms with Crippen molar-refractivity contribution in [1.82, 2.24) is 0 Å². The van der Waals surface area contributed by atoms with E-state index in [2.05, 4.69) is 15.9 Å². The molecule has 0 amide bonds. The maximum absolute atomic E-state index is 12.8. The number of nitro groups is 1. The zero-order valence-corrected chi connectivity index (χ0v) is 8.09. The van der Waals surface area contributed by atoms with E-state index in [1.807, 2.05) is 0 Å². The summed E-state index contributed by atoms with van der Waals surface area (Å²) in [5.41, 5.74) is -2.12. The largest absolute Gasteiger partial charge is 0.295 e. The third kappa shape index (κ3) is 1.87. The van der Waals surface area contributed by atoms with Crippen molar-refractivity contribution in [3.63, 3.8) is 0 Å². The van der Waals surface area contributed by atoms with E-state index < -0.39 is 28.4 Å². The smallest absolute Gasteiger partial charge is 0.258 e. The van der Waals surface area contributed by atoms with Gasteiger partial charge in [-0.3, -0.25) is 10.1 Å². The van der Waals surface area contributed by atoms with E-state index in [1.54, 1.807) is 0 Å². The molecule has 0 aliphatic rings. The molecule has 0 aliphatic heterocycles. The Morgan fingerprint density at radius 2 is 2.00 bits per heavy atom. The quantitative estimate of drug-likeness (QED) is 0.610. The lowest BCUT2D eigenvalue weighted by molar-refractivity contribution is -0.387. The van der Waals surface area contributed by atoms with Gasteiger partial charge in [-0.25, -0.2) is 13.2 Å². The highest BCUT2D eigenvalue weighted by atomic mass is 79.9. The van der Waals surface area contributed by atoms with Crippen LogP contribution in [0.25, 0.3) is 0 Å². The van der Waals surface area contributed by atoms with Crippen LogP contribution in [0, 0.1) is 15.9 Å². The van der Waals surface area contributed by atoms with Gasteiger partial charge in [0.15, 0.2) is 0 Å². The molecule has 0 aromatic heterocycles. The Hall–Kier alpha value is -1.11. The Kier molecular flexibility index (Phi) is 3.10. The second kappa shape index (κ2) is 3.95. The Morgan fingerprint density at radius 3 is 2.36 bits per heavy atom. The molecule has 76 valence electrons. The van der Waals surface area contributed by atoms with Crippen LogP contribution in [-0.2, 0) is 0 Å². The van der Waals surface area contributed by atoms with Gasteiger partial charge < -0.3 is 0 Å². The second-order valence-electron chi connectivity index (χ2n) is 2.35. The number of nitro benzene ring substituents is 1. The molecule has 0 spiro atoms. The summed E-state index contributed by atoms with van der Waals surface area (Å²) in [6.45, 7) is 0. The minimum atomic E-state index is -3.21. The van der Waals surface area contributed by atoms with Crippen LogP contribution >= 0.6 is 15.9 Å². The molecule has 0 saturated heterocycles. The van der Waals surface area contributed by atoms with Crippen LogP contribution in [0.3, 0.4) is 0 Å². The van der Waals surface area contributed by atoms with Gasteiger partial charge in [-0.2, -0.15) is 0 Å². The molecule has 1 aromatic carbocycles. The molecule has 0 bridgehead atoms. The maximum Gasteiger partial charge on any atom is 0.295 e. The molecule has 1 aromatic rings. The van der Waals surface area contributed by atoms with Gasteiger partial charge in [0, 0.05) is 0 Å². The van der Waals surface area contributed by atoms with Crippen molar-refractivity contribution in [2.24, 2.45) is 0 Å². The first kappa shape index (κ1) is 11.0. The number of hydrogen-bond acceptors (Lipinski definition) is 2. The molecule has 0 heterocycles. The second-order valence-corrected chi connectivity index (χ2v) is 3.20. The fourth-order valence-corrected chi connectivity index (χ4v) is 1.44. The summed E-state index contributed by atoms with van der Waals surface area (Å²) in [6, 6.07) is 1.76. The average molecular weight is 270 g/mol. The molecule has 0 unspecified atom stereocenters. The van der Waals surface area contributed by atoms with Crippen LogP contribution < -0.4 is 0 Å². The minimum Gasteiger partial charge on any atom is -0.258 e. The van der Waals surface area contributed by atoms with Crippen LogP contribution in [0.15, 0.2) is 16.6 Å². The number of benzene rings is 1. The van der Waals surface area contributed by atoms with Crippen LogP contribution in [0.4, 0.5) is 18.9 Å².